The molecule has 0 unspecified atom stereocenters. The molecule has 8 rings (SSSR count). The summed E-state index contributed by atoms with van der Waals surface area (Å²) in [5.74, 6) is 1.62. The zero-order chi connectivity index (χ0) is 37.3. The Hall–Kier alpha value is -4.80. The van der Waals surface area contributed by atoms with Crippen molar-refractivity contribution < 1.29 is 43.0 Å². The predicted octanol–water partition coefficient (Wildman–Crippen LogP) is 3.03. The first-order valence-electron chi connectivity index (χ1n) is 18.5. The van der Waals surface area contributed by atoms with E-state index in [2.05, 4.69) is 16.9 Å². The van der Waals surface area contributed by atoms with Crippen molar-refractivity contribution in [1.82, 2.24) is 19.1 Å². The second-order valence-electron chi connectivity index (χ2n) is 13.2. The number of phenols is 1. The average molecular weight is 747 g/mol. The summed E-state index contributed by atoms with van der Waals surface area (Å²) in [5, 5.41) is 9.64. The van der Waals surface area contributed by atoms with Gasteiger partial charge < -0.3 is 43.0 Å². The van der Waals surface area contributed by atoms with Crippen LogP contribution in [-0.4, -0.2) is 109 Å². The second kappa shape index (κ2) is 18.0. The van der Waals surface area contributed by atoms with E-state index in [0.29, 0.717) is 91.5 Å². The average Bonchev–Trinajstić information content (AvgIpc) is 3.20. The van der Waals surface area contributed by atoms with Crippen LogP contribution in [0.3, 0.4) is 0 Å². The van der Waals surface area contributed by atoms with Gasteiger partial charge in [-0.3, -0.25) is 9.13 Å². The maximum atomic E-state index is 12.5. The SMILES string of the molecule is CCCOCCOc1ccc2c(c1)CCn1c-2cc(OC[C@H]2COCCO2)nc1=O.O=c1nc(OC[C@H]2COCCO2)cc2n1CCc1cc(O)ccc1-2. The molecule has 0 radical (unpaired) electrons. The second-order valence-corrected chi connectivity index (χ2v) is 13.2. The largest absolute Gasteiger partial charge is 0.508 e. The maximum absolute atomic E-state index is 12.5. The van der Waals surface area contributed by atoms with Crippen molar-refractivity contribution in [3.05, 3.63) is 80.6 Å². The van der Waals surface area contributed by atoms with Crippen molar-refractivity contribution in [1.29, 1.82) is 0 Å². The topological polar surface area (TPSA) is 164 Å². The van der Waals surface area contributed by atoms with E-state index < -0.39 is 0 Å². The molecular weight excluding hydrogens is 700 g/mol. The Balaban J connectivity index is 0.000000171. The first-order chi connectivity index (χ1) is 26.4. The Kier molecular flexibility index (Phi) is 12.5. The number of hydrogen-bond donors (Lipinski definition) is 1. The lowest BCUT2D eigenvalue weighted by atomic mass is 9.97. The Morgan fingerprint density at radius 3 is 1.83 bits per heavy atom. The highest BCUT2D eigenvalue weighted by Gasteiger charge is 2.23. The Bertz CT molecular complexity index is 2000. The van der Waals surface area contributed by atoms with E-state index in [0.717, 1.165) is 58.8 Å². The third-order valence-corrected chi connectivity index (χ3v) is 9.35. The summed E-state index contributed by atoms with van der Waals surface area (Å²) in [6.45, 7) is 8.89. The van der Waals surface area contributed by atoms with Crippen LogP contribution >= 0.6 is 0 Å². The van der Waals surface area contributed by atoms with Gasteiger partial charge in [0.25, 0.3) is 0 Å². The number of aromatic nitrogens is 4. The fourth-order valence-electron chi connectivity index (χ4n) is 6.70. The zero-order valence-corrected chi connectivity index (χ0v) is 30.4. The molecule has 0 saturated carbocycles. The number of phenolic OH excluding ortho intramolecular Hbond substituents is 1. The van der Waals surface area contributed by atoms with Gasteiger partial charge in [0.05, 0.1) is 57.6 Å². The van der Waals surface area contributed by atoms with E-state index in [1.54, 1.807) is 27.3 Å². The summed E-state index contributed by atoms with van der Waals surface area (Å²) >= 11 is 0. The maximum Gasteiger partial charge on any atom is 0.351 e. The van der Waals surface area contributed by atoms with E-state index in [9.17, 15) is 14.7 Å². The molecule has 0 amide bonds. The first-order valence-corrected chi connectivity index (χ1v) is 18.5. The van der Waals surface area contributed by atoms with Crippen molar-refractivity contribution in [3.63, 3.8) is 0 Å². The van der Waals surface area contributed by atoms with Gasteiger partial charge >= 0.3 is 11.4 Å². The Morgan fingerprint density at radius 2 is 1.28 bits per heavy atom. The monoisotopic (exact) mass is 746 g/mol. The number of rotatable bonds is 12. The highest BCUT2D eigenvalue weighted by molar-refractivity contribution is 5.68. The van der Waals surface area contributed by atoms with Crippen LogP contribution in [0.25, 0.3) is 22.5 Å². The molecule has 2 atom stereocenters. The van der Waals surface area contributed by atoms with Gasteiger partial charge in [-0.25, -0.2) is 9.59 Å². The van der Waals surface area contributed by atoms with E-state index in [4.69, 9.17) is 37.9 Å². The highest BCUT2D eigenvalue weighted by atomic mass is 16.6. The van der Waals surface area contributed by atoms with Gasteiger partial charge in [-0.15, -0.1) is 0 Å². The lowest BCUT2D eigenvalue weighted by Crippen LogP contribution is -2.34. The molecule has 0 aliphatic carbocycles. The molecule has 4 aliphatic heterocycles. The normalized spacial score (nSPS) is 18.5. The Labute approximate surface area is 312 Å². The van der Waals surface area contributed by atoms with E-state index in [1.165, 1.54) is 0 Å². The van der Waals surface area contributed by atoms with Gasteiger partial charge in [-0.2, -0.15) is 9.97 Å². The summed E-state index contributed by atoms with van der Waals surface area (Å²) in [7, 11) is 0. The molecule has 288 valence electrons. The smallest absolute Gasteiger partial charge is 0.351 e. The molecule has 2 fully saturated rings. The van der Waals surface area contributed by atoms with Gasteiger partial charge in [-0.1, -0.05) is 6.92 Å². The summed E-state index contributed by atoms with van der Waals surface area (Å²) < 4.78 is 47.8. The van der Waals surface area contributed by atoms with Gasteiger partial charge in [0, 0.05) is 43.0 Å². The van der Waals surface area contributed by atoms with Crippen LogP contribution in [0.2, 0.25) is 0 Å². The molecule has 0 bridgehead atoms. The number of aryl methyl sites for hydroxylation is 2. The highest BCUT2D eigenvalue weighted by Crippen LogP contribution is 2.33. The minimum Gasteiger partial charge on any atom is -0.508 e. The molecule has 2 aromatic heterocycles. The van der Waals surface area contributed by atoms with Crippen LogP contribution in [-0.2, 0) is 49.6 Å². The van der Waals surface area contributed by atoms with Crippen LogP contribution in [0.5, 0.6) is 23.3 Å². The first kappa shape index (κ1) is 37.5. The predicted molar refractivity (Wildman–Crippen MR) is 196 cm³/mol. The lowest BCUT2D eigenvalue weighted by molar-refractivity contribution is -0.102. The fraction of sp³-hybridized carbons (Fsp3) is 0.487. The molecule has 4 aromatic rings. The number of nitrogens with zero attached hydrogens (tertiary/aromatic N) is 4. The molecule has 2 saturated heterocycles. The van der Waals surface area contributed by atoms with Gasteiger partial charge in [0.15, 0.2) is 0 Å². The number of aromatic hydroxyl groups is 1. The molecular formula is C39H46N4O11. The van der Waals surface area contributed by atoms with Crippen LogP contribution in [0.1, 0.15) is 24.5 Å². The van der Waals surface area contributed by atoms with E-state index in [1.807, 2.05) is 30.3 Å². The summed E-state index contributed by atoms with van der Waals surface area (Å²) in [6, 6.07) is 14.7. The quantitative estimate of drug-likeness (QED) is 0.211. The molecule has 0 spiro atoms. The lowest BCUT2D eigenvalue weighted by Gasteiger charge is -2.24. The van der Waals surface area contributed by atoms with Crippen molar-refractivity contribution in [2.24, 2.45) is 0 Å². The molecule has 2 aromatic carbocycles. The summed E-state index contributed by atoms with van der Waals surface area (Å²) in [4.78, 5) is 32.9. The van der Waals surface area contributed by atoms with Crippen molar-refractivity contribution in [2.75, 3.05) is 72.7 Å². The van der Waals surface area contributed by atoms with Crippen LogP contribution in [0.15, 0.2) is 58.1 Å². The van der Waals surface area contributed by atoms with Gasteiger partial charge in [0.2, 0.25) is 11.8 Å². The minimum atomic E-state index is -0.331. The number of benzene rings is 2. The molecule has 15 heteroatoms. The van der Waals surface area contributed by atoms with Crippen LogP contribution in [0.4, 0.5) is 0 Å². The minimum absolute atomic E-state index is 0.146. The standard InChI is InChI=1S/C22H28N2O6.C17H18N2O5/c1-2-7-26-8-10-28-17-3-4-19-16(12-17)5-6-24-20(19)13-21(23-22(24)25)30-15-18-14-27-9-11-29-18;20-12-1-2-14-11(7-12)3-4-19-15(14)8-16(18-17(19)21)24-10-13-9-22-5-6-23-13/h3-4,12-13,18H,2,5-11,14-15H2,1H3;1-2,7-8,13,20H,3-6,9-10H2/t18-;13-/m11/s1. The zero-order valence-electron chi connectivity index (χ0n) is 30.4. The van der Waals surface area contributed by atoms with Crippen molar-refractivity contribution >= 4 is 0 Å². The Morgan fingerprint density at radius 1 is 0.704 bits per heavy atom. The van der Waals surface area contributed by atoms with E-state index in [-0.39, 0.29) is 35.2 Å². The molecule has 1 N–H and O–H groups in total. The van der Waals surface area contributed by atoms with Crippen LogP contribution in [0, 0.1) is 0 Å². The number of hydrogen-bond acceptors (Lipinski definition) is 13. The summed E-state index contributed by atoms with van der Waals surface area (Å²) in [6.07, 6.45) is 2.14. The summed E-state index contributed by atoms with van der Waals surface area (Å²) in [5.41, 5.74) is 5.00. The molecule has 15 nitrogen and oxygen atoms in total. The fourth-order valence-corrected chi connectivity index (χ4v) is 6.70. The van der Waals surface area contributed by atoms with Gasteiger partial charge in [-0.05, 0) is 66.8 Å². The molecule has 6 heterocycles. The van der Waals surface area contributed by atoms with E-state index >= 15 is 0 Å². The molecule has 54 heavy (non-hydrogen) atoms. The third-order valence-electron chi connectivity index (χ3n) is 9.35. The molecule has 4 aliphatic rings. The number of fused-ring (bicyclic) bond motifs is 6. The van der Waals surface area contributed by atoms with Crippen molar-refractivity contribution in [2.45, 2.75) is 51.5 Å². The third kappa shape index (κ3) is 9.28. The van der Waals surface area contributed by atoms with Crippen LogP contribution < -0.4 is 25.6 Å². The number of ether oxygens (including phenoxy) is 8. The van der Waals surface area contributed by atoms with Crippen molar-refractivity contribution in [3.8, 4) is 45.8 Å². The van der Waals surface area contributed by atoms with Gasteiger partial charge in [0.1, 0.15) is 43.5 Å².